The molecule has 2 aromatic carbocycles. The molecule has 0 saturated heterocycles. The van der Waals surface area contributed by atoms with Crippen molar-refractivity contribution < 1.29 is 18.7 Å². The van der Waals surface area contributed by atoms with Gasteiger partial charge < -0.3 is 15.0 Å². The number of nitrogens with one attached hydrogen (secondary N) is 1. The highest BCUT2D eigenvalue weighted by Crippen LogP contribution is 2.24. The number of nitrogens with zero attached hydrogens (tertiary/aromatic N) is 3. The van der Waals surface area contributed by atoms with Crippen LogP contribution in [0.4, 0.5) is 4.39 Å². The van der Waals surface area contributed by atoms with E-state index in [4.69, 9.17) is 4.74 Å². The number of aromatic nitrogens is 2. The molecule has 2 amide bonds. The number of amides is 2. The maximum absolute atomic E-state index is 13.1. The number of carbonyl (C=O) groups excluding carboxylic acids is 2. The lowest BCUT2D eigenvalue weighted by atomic mass is 10.0. The number of rotatable bonds is 5. The summed E-state index contributed by atoms with van der Waals surface area (Å²) in [5, 5.41) is 7.23. The summed E-state index contributed by atoms with van der Waals surface area (Å²) in [7, 11) is 3.36. The van der Waals surface area contributed by atoms with E-state index in [1.54, 1.807) is 60.1 Å². The molecule has 0 bridgehead atoms. The maximum atomic E-state index is 13.1. The molecular formula is C23H23FN4O3. The molecule has 1 aromatic heterocycles. The van der Waals surface area contributed by atoms with Crippen LogP contribution in [0.1, 0.15) is 37.7 Å². The van der Waals surface area contributed by atoms with Crippen molar-refractivity contribution in [3.63, 3.8) is 0 Å². The fourth-order valence-electron chi connectivity index (χ4n) is 3.76. The van der Waals surface area contributed by atoms with Crippen LogP contribution in [0.15, 0.2) is 48.5 Å². The fourth-order valence-corrected chi connectivity index (χ4v) is 3.76. The van der Waals surface area contributed by atoms with Crippen molar-refractivity contribution in [1.29, 1.82) is 0 Å². The molecule has 1 N–H and O–H groups in total. The van der Waals surface area contributed by atoms with Crippen LogP contribution in [0.3, 0.4) is 0 Å². The van der Waals surface area contributed by atoms with Gasteiger partial charge in [-0.2, -0.15) is 5.10 Å². The molecule has 0 spiro atoms. The van der Waals surface area contributed by atoms with Crippen molar-refractivity contribution in [3.05, 3.63) is 82.4 Å². The monoisotopic (exact) mass is 422 g/mol. The van der Waals surface area contributed by atoms with Gasteiger partial charge in [-0.1, -0.05) is 18.2 Å². The fraction of sp³-hybridized carbons (Fsp3) is 0.261. The molecule has 0 saturated carbocycles. The van der Waals surface area contributed by atoms with Crippen LogP contribution >= 0.6 is 0 Å². The first-order valence-corrected chi connectivity index (χ1v) is 9.97. The van der Waals surface area contributed by atoms with E-state index in [0.717, 1.165) is 16.8 Å². The van der Waals surface area contributed by atoms with Crippen LogP contribution < -0.4 is 10.1 Å². The minimum absolute atomic E-state index is 0.119. The molecule has 0 atom stereocenters. The Morgan fingerprint density at radius 3 is 2.71 bits per heavy atom. The van der Waals surface area contributed by atoms with E-state index in [9.17, 15) is 14.0 Å². The summed E-state index contributed by atoms with van der Waals surface area (Å²) in [5.41, 5.74) is 3.33. The second kappa shape index (κ2) is 8.59. The van der Waals surface area contributed by atoms with E-state index in [1.165, 1.54) is 12.1 Å². The van der Waals surface area contributed by atoms with E-state index in [2.05, 4.69) is 10.4 Å². The molecule has 0 fully saturated rings. The molecule has 0 aliphatic carbocycles. The Balaban J connectivity index is 1.51. The smallest absolute Gasteiger partial charge is 0.272 e. The van der Waals surface area contributed by atoms with Gasteiger partial charge in [-0.25, -0.2) is 4.39 Å². The second-order valence-corrected chi connectivity index (χ2v) is 7.42. The minimum Gasteiger partial charge on any atom is -0.497 e. The molecule has 1 aliphatic rings. The average molecular weight is 422 g/mol. The molecule has 0 unspecified atom stereocenters. The molecule has 7 nitrogen and oxygen atoms in total. The third-order valence-corrected chi connectivity index (χ3v) is 5.43. The number of aryl methyl sites for hydroxylation is 1. The second-order valence-electron chi connectivity index (χ2n) is 7.42. The number of benzene rings is 2. The number of ether oxygens (including phenoxy) is 1. The normalized spacial score (nSPS) is 12.9. The molecule has 31 heavy (non-hydrogen) atoms. The lowest BCUT2D eigenvalue weighted by Gasteiger charge is -2.27. The van der Waals surface area contributed by atoms with Crippen molar-refractivity contribution in [2.24, 2.45) is 7.05 Å². The van der Waals surface area contributed by atoms with Gasteiger partial charge in [0.15, 0.2) is 5.69 Å². The first kappa shape index (κ1) is 20.6. The van der Waals surface area contributed by atoms with Gasteiger partial charge in [0, 0.05) is 43.4 Å². The van der Waals surface area contributed by atoms with E-state index >= 15 is 0 Å². The summed E-state index contributed by atoms with van der Waals surface area (Å²) in [6, 6.07) is 13.0. The molecule has 3 aromatic rings. The van der Waals surface area contributed by atoms with E-state index < -0.39 is 0 Å². The number of halogens is 1. The topological polar surface area (TPSA) is 76.5 Å². The Kier molecular flexibility index (Phi) is 5.70. The zero-order valence-electron chi connectivity index (χ0n) is 17.4. The third kappa shape index (κ3) is 4.28. The molecule has 2 heterocycles. The minimum atomic E-state index is -0.324. The van der Waals surface area contributed by atoms with Crippen molar-refractivity contribution in [2.75, 3.05) is 13.7 Å². The highest BCUT2D eigenvalue weighted by atomic mass is 19.1. The Morgan fingerprint density at radius 2 is 1.97 bits per heavy atom. The lowest BCUT2D eigenvalue weighted by molar-refractivity contribution is 0.0730. The first-order chi connectivity index (χ1) is 15.0. The van der Waals surface area contributed by atoms with Gasteiger partial charge in [0.25, 0.3) is 11.8 Å². The van der Waals surface area contributed by atoms with Crippen LogP contribution in [0.5, 0.6) is 5.75 Å². The van der Waals surface area contributed by atoms with E-state index in [0.29, 0.717) is 36.5 Å². The zero-order chi connectivity index (χ0) is 22.0. The summed E-state index contributed by atoms with van der Waals surface area (Å²) < 4.78 is 20.0. The number of methoxy groups -OCH3 is 1. The zero-order valence-corrected chi connectivity index (χ0v) is 17.4. The van der Waals surface area contributed by atoms with Gasteiger partial charge in [0.2, 0.25) is 0 Å². The maximum Gasteiger partial charge on any atom is 0.272 e. The average Bonchev–Trinajstić information content (AvgIpc) is 3.14. The van der Waals surface area contributed by atoms with Gasteiger partial charge in [-0.15, -0.1) is 0 Å². The van der Waals surface area contributed by atoms with Crippen molar-refractivity contribution >= 4 is 11.8 Å². The molecule has 0 radical (unpaired) electrons. The van der Waals surface area contributed by atoms with Crippen LogP contribution in [-0.2, 0) is 26.6 Å². The highest BCUT2D eigenvalue weighted by Gasteiger charge is 2.29. The van der Waals surface area contributed by atoms with Gasteiger partial charge in [0.05, 0.1) is 13.7 Å². The van der Waals surface area contributed by atoms with E-state index in [1.807, 2.05) is 0 Å². The third-order valence-electron chi connectivity index (χ3n) is 5.43. The molecule has 8 heteroatoms. The summed E-state index contributed by atoms with van der Waals surface area (Å²) in [6.07, 6.45) is 0.611. The van der Waals surface area contributed by atoms with Crippen LogP contribution in [0.2, 0.25) is 0 Å². The Bertz CT molecular complexity index is 1120. The Hall–Kier alpha value is -3.68. The summed E-state index contributed by atoms with van der Waals surface area (Å²) in [4.78, 5) is 27.6. The summed E-state index contributed by atoms with van der Waals surface area (Å²) in [5.74, 6) is -0.150. The quantitative estimate of drug-likeness (QED) is 0.686. The van der Waals surface area contributed by atoms with Crippen LogP contribution in [-0.4, -0.2) is 40.1 Å². The molecule has 160 valence electrons. The van der Waals surface area contributed by atoms with Gasteiger partial charge >= 0.3 is 0 Å². The number of hydrogen-bond donors (Lipinski definition) is 1. The largest absolute Gasteiger partial charge is 0.497 e. The van der Waals surface area contributed by atoms with Crippen molar-refractivity contribution in [3.8, 4) is 5.75 Å². The predicted molar refractivity (Wildman–Crippen MR) is 112 cm³/mol. The van der Waals surface area contributed by atoms with Crippen LogP contribution in [0.25, 0.3) is 0 Å². The standard InChI is InChI=1S/C23H23FN4O3/c1-27-20-10-11-28(23(30)16-4-3-5-18(12-16)31-2)14-19(20)21(26-27)22(29)25-13-15-6-8-17(24)9-7-15/h3-9,12H,10-11,13-14H2,1-2H3,(H,25,29). The highest BCUT2D eigenvalue weighted by molar-refractivity contribution is 5.96. The van der Waals surface area contributed by atoms with Crippen molar-refractivity contribution in [1.82, 2.24) is 20.0 Å². The van der Waals surface area contributed by atoms with Gasteiger partial charge in [0.1, 0.15) is 11.6 Å². The summed E-state index contributed by atoms with van der Waals surface area (Å²) >= 11 is 0. The van der Waals surface area contributed by atoms with Gasteiger partial charge in [-0.3, -0.25) is 14.3 Å². The SMILES string of the molecule is COc1cccc(C(=O)N2CCc3c(c(C(=O)NCc4ccc(F)cc4)nn3C)C2)c1. The Morgan fingerprint density at radius 1 is 1.19 bits per heavy atom. The van der Waals surface area contributed by atoms with Crippen LogP contribution in [0, 0.1) is 5.82 Å². The molecule has 1 aliphatic heterocycles. The predicted octanol–water partition coefficient (Wildman–Crippen LogP) is 2.70. The number of fused-ring (bicyclic) bond motifs is 1. The molecular weight excluding hydrogens is 399 g/mol. The lowest BCUT2D eigenvalue weighted by Crippen LogP contribution is -2.37. The van der Waals surface area contributed by atoms with E-state index in [-0.39, 0.29) is 24.2 Å². The number of carbonyl (C=O) groups is 2. The first-order valence-electron chi connectivity index (χ1n) is 9.97. The van der Waals surface area contributed by atoms with Gasteiger partial charge in [-0.05, 0) is 35.9 Å². The summed E-state index contributed by atoms with van der Waals surface area (Å²) in [6.45, 7) is 1.11. The number of hydrogen-bond acceptors (Lipinski definition) is 4. The Labute approximate surface area is 179 Å². The molecule has 4 rings (SSSR count). The van der Waals surface area contributed by atoms with Crippen molar-refractivity contribution in [2.45, 2.75) is 19.5 Å².